The van der Waals surface area contributed by atoms with Crippen LogP contribution in [0.1, 0.15) is 28.4 Å². The molecule has 6 nitrogen and oxygen atoms in total. The molecule has 0 spiro atoms. The minimum atomic E-state index is -3.25. The predicted octanol–water partition coefficient (Wildman–Crippen LogP) is 3.05. The van der Waals surface area contributed by atoms with E-state index in [1.54, 1.807) is 24.3 Å². The van der Waals surface area contributed by atoms with Gasteiger partial charge in [0.1, 0.15) is 0 Å². The molecule has 0 aliphatic carbocycles. The number of anilines is 2. The summed E-state index contributed by atoms with van der Waals surface area (Å²) in [6.07, 6.45) is 0. The van der Waals surface area contributed by atoms with Gasteiger partial charge < -0.3 is 9.80 Å². The van der Waals surface area contributed by atoms with Crippen molar-refractivity contribution in [2.75, 3.05) is 47.7 Å². The summed E-state index contributed by atoms with van der Waals surface area (Å²) >= 11 is 0. The van der Waals surface area contributed by atoms with E-state index in [-0.39, 0.29) is 17.6 Å². The summed E-state index contributed by atoms with van der Waals surface area (Å²) < 4.78 is 26.0. The van der Waals surface area contributed by atoms with Gasteiger partial charge in [-0.2, -0.15) is 0 Å². The summed E-state index contributed by atoms with van der Waals surface area (Å²) in [5, 5.41) is 0. The van der Waals surface area contributed by atoms with Gasteiger partial charge in [0.05, 0.1) is 11.4 Å². The van der Waals surface area contributed by atoms with E-state index in [2.05, 4.69) is 36.9 Å². The quantitative estimate of drug-likeness (QED) is 0.755. The molecule has 7 heteroatoms. The fourth-order valence-electron chi connectivity index (χ4n) is 4.43. The van der Waals surface area contributed by atoms with E-state index in [0.717, 1.165) is 13.1 Å². The number of benzene rings is 2. The zero-order valence-electron chi connectivity index (χ0n) is 17.8. The van der Waals surface area contributed by atoms with Gasteiger partial charge in [-0.15, -0.1) is 0 Å². The first-order chi connectivity index (χ1) is 14.2. The molecule has 160 valence electrons. The van der Waals surface area contributed by atoms with E-state index < -0.39 is 10.0 Å². The number of hydrogen-bond donors (Lipinski definition) is 0. The van der Waals surface area contributed by atoms with Gasteiger partial charge in [-0.3, -0.25) is 9.10 Å². The third kappa shape index (κ3) is 4.03. The second-order valence-corrected chi connectivity index (χ2v) is 10.5. The van der Waals surface area contributed by atoms with Crippen molar-refractivity contribution >= 4 is 27.3 Å². The molecule has 2 aromatic carbocycles. The highest BCUT2D eigenvalue weighted by Crippen LogP contribution is 2.27. The molecule has 2 saturated heterocycles. The summed E-state index contributed by atoms with van der Waals surface area (Å²) in [7, 11) is -3.25. The average molecular weight is 428 g/mol. The van der Waals surface area contributed by atoms with Gasteiger partial charge >= 0.3 is 0 Å². The number of rotatable bonds is 3. The molecule has 1 amide bonds. The number of carbonyl (C=O) groups excluding carboxylic acids is 1. The highest BCUT2D eigenvalue weighted by atomic mass is 32.2. The Kier molecular flexibility index (Phi) is 5.49. The molecule has 4 rings (SSSR count). The number of sulfonamides is 1. The number of nitrogens with zero attached hydrogens (tertiary/aromatic N) is 3. The molecule has 2 heterocycles. The Morgan fingerprint density at radius 2 is 1.63 bits per heavy atom. The zero-order valence-corrected chi connectivity index (χ0v) is 18.7. The lowest BCUT2D eigenvalue weighted by Crippen LogP contribution is -2.49. The SMILES string of the molecule is Cc1ccc(N2CCN(C(=O)c3ccc(N4C[C@H](C)CS4(=O)=O)cc3)CC2)c(C)c1. The Bertz CT molecular complexity index is 1040. The fraction of sp³-hybridized carbons (Fsp3) is 0.435. The first-order valence-electron chi connectivity index (χ1n) is 10.5. The molecule has 2 aliphatic rings. The lowest BCUT2D eigenvalue weighted by Gasteiger charge is -2.37. The maximum atomic E-state index is 12.9. The molecular weight excluding hydrogens is 398 g/mol. The van der Waals surface area contributed by atoms with Crippen LogP contribution >= 0.6 is 0 Å². The molecule has 0 radical (unpaired) electrons. The summed E-state index contributed by atoms with van der Waals surface area (Å²) in [5.74, 6) is 0.294. The van der Waals surface area contributed by atoms with Gasteiger partial charge in [0.25, 0.3) is 5.91 Å². The first kappa shape index (κ1) is 20.7. The molecule has 2 aromatic rings. The summed E-state index contributed by atoms with van der Waals surface area (Å²) in [6, 6.07) is 13.5. The lowest BCUT2D eigenvalue weighted by atomic mass is 10.1. The van der Waals surface area contributed by atoms with Crippen LogP contribution in [-0.4, -0.2) is 57.7 Å². The summed E-state index contributed by atoms with van der Waals surface area (Å²) in [4.78, 5) is 17.2. The molecule has 0 unspecified atom stereocenters. The number of aryl methyl sites for hydroxylation is 2. The monoisotopic (exact) mass is 427 g/mol. The molecular formula is C23H29N3O3S. The minimum absolute atomic E-state index is 0.000486. The maximum absolute atomic E-state index is 12.9. The average Bonchev–Trinajstić information content (AvgIpc) is 3.00. The molecule has 0 aromatic heterocycles. The number of piperazine rings is 1. The van der Waals surface area contributed by atoms with Crippen LogP contribution < -0.4 is 9.21 Å². The molecule has 0 N–H and O–H groups in total. The van der Waals surface area contributed by atoms with Crippen LogP contribution in [0, 0.1) is 19.8 Å². The number of carbonyl (C=O) groups is 1. The molecule has 2 aliphatic heterocycles. The van der Waals surface area contributed by atoms with Crippen LogP contribution in [0.2, 0.25) is 0 Å². The van der Waals surface area contributed by atoms with Crippen molar-refractivity contribution in [1.29, 1.82) is 0 Å². The van der Waals surface area contributed by atoms with E-state index >= 15 is 0 Å². The van der Waals surface area contributed by atoms with Crippen LogP contribution in [-0.2, 0) is 10.0 Å². The van der Waals surface area contributed by atoms with Crippen LogP contribution in [0.25, 0.3) is 0 Å². The Morgan fingerprint density at radius 1 is 0.967 bits per heavy atom. The summed E-state index contributed by atoms with van der Waals surface area (Å²) in [6.45, 7) is 9.61. The number of hydrogen-bond acceptors (Lipinski definition) is 4. The Balaban J connectivity index is 1.41. The molecule has 1 atom stereocenters. The van der Waals surface area contributed by atoms with Crippen molar-refractivity contribution in [1.82, 2.24) is 4.90 Å². The van der Waals surface area contributed by atoms with E-state index in [1.807, 2.05) is 11.8 Å². The van der Waals surface area contributed by atoms with Gasteiger partial charge in [0.15, 0.2) is 0 Å². The molecule has 0 bridgehead atoms. The minimum Gasteiger partial charge on any atom is -0.368 e. The van der Waals surface area contributed by atoms with Crippen molar-refractivity contribution < 1.29 is 13.2 Å². The molecule has 0 saturated carbocycles. The topological polar surface area (TPSA) is 60.9 Å². The van der Waals surface area contributed by atoms with Gasteiger partial charge in [0, 0.05) is 44.0 Å². The van der Waals surface area contributed by atoms with Gasteiger partial charge in [-0.1, -0.05) is 24.6 Å². The van der Waals surface area contributed by atoms with Crippen molar-refractivity contribution in [3.05, 3.63) is 59.2 Å². The normalized spacial score (nSPS) is 21.2. The van der Waals surface area contributed by atoms with Crippen molar-refractivity contribution in [2.24, 2.45) is 5.92 Å². The smallest absolute Gasteiger partial charge is 0.253 e. The fourth-order valence-corrected chi connectivity index (χ4v) is 6.36. The number of amides is 1. The second kappa shape index (κ2) is 7.95. The molecule has 2 fully saturated rings. The predicted molar refractivity (Wildman–Crippen MR) is 121 cm³/mol. The standard InChI is InChI=1S/C23H29N3O3S/c1-17-4-9-22(19(3)14-17)24-10-12-25(13-11-24)23(27)20-5-7-21(8-6-20)26-15-18(2)16-30(26,28)29/h4-9,14,18H,10-13,15-16H2,1-3H3/t18-/m0/s1. The van der Waals surface area contributed by atoms with Crippen molar-refractivity contribution in [3.63, 3.8) is 0 Å². The molecule has 30 heavy (non-hydrogen) atoms. The zero-order chi connectivity index (χ0) is 21.5. The Hall–Kier alpha value is -2.54. The first-order valence-corrected chi connectivity index (χ1v) is 12.1. The van der Waals surface area contributed by atoms with E-state index in [9.17, 15) is 13.2 Å². The Labute approximate surface area is 179 Å². The third-order valence-corrected chi connectivity index (χ3v) is 7.99. The van der Waals surface area contributed by atoms with E-state index in [4.69, 9.17) is 0 Å². The van der Waals surface area contributed by atoms with Crippen LogP contribution in [0.15, 0.2) is 42.5 Å². The van der Waals surface area contributed by atoms with Crippen molar-refractivity contribution in [3.8, 4) is 0 Å². The largest absolute Gasteiger partial charge is 0.368 e. The van der Waals surface area contributed by atoms with Crippen LogP contribution in [0.3, 0.4) is 0 Å². The van der Waals surface area contributed by atoms with E-state index in [0.29, 0.717) is 30.9 Å². The van der Waals surface area contributed by atoms with Crippen LogP contribution in [0.4, 0.5) is 11.4 Å². The Morgan fingerprint density at radius 3 is 2.20 bits per heavy atom. The van der Waals surface area contributed by atoms with Gasteiger partial charge in [0.2, 0.25) is 10.0 Å². The van der Waals surface area contributed by atoms with Crippen LogP contribution in [0.5, 0.6) is 0 Å². The van der Waals surface area contributed by atoms with Crippen molar-refractivity contribution in [2.45, 2.75) is 20.8 Å². The lowest BCUT2D eigenvalue weighted by molar-refractivity contribution is 0.0747. The third-order valence-electron chi connectivity index (χ3n) is 5.97. The van der Waals surface area contributed by atoms with Gasteiger partial charge in [-0.25, -0.2) is 8.42 Å². The van der Waals surface area contributed by atoms with Gasteiger partial charge in [-0.05, 0) is 55.7 Å². The van der Waals surface area contributed by atoms with E-state index in [1.165, 1.54) is 21.1 Å². The highest BCUT2D eigenvalue weighted by molar-refractivity contribution is 7.93. The summed E-state index contributed by atoms with van der Waals surface area (Å²) in [5.41, 5.74) is 4.98. The highest BCUT2D eigenvalue weighted by Gasteiger charge is 2.33. The second-order valence-electron chi connectivity index (χ2n) is 8.53. The maximum Gasteiger partial charge on any atom is 0.253 e.